The van der Waals surface area contributed by atoms with Gasteiger partial charge in [-0.15, -0.1) is 0 Å². The van der Waals surface area contributed by atoms with E-state index >= 15 is 0 Å². The molecule has 2 nitrogen and oxygen atoms in total. The van der Waals surface area contributed by atoms with E-state index in [2.05, 4.69) is 0 Å². The lowest BCUT2D eigenvalue weighted by Crippen LogP contribution is -2.00. The highest BCUT2D eigenvalue weighted by Gasteiger charge is 2.13. The van der Waals surface area contributed by atoms with Gasteiger partial charge in [0.05, 0.1) is 10.6 Å². The van der Waals surface area contributed by atoms with Crippen molar-refractivity contribution in [1.82, 2.24) is 0 Å². The predicted octanol–water partition coefficient (Wildman–Crippen LogP) is 3.16. The molecule has 0 bridgehead atoms. The highest BCUT2D eigenvalue weighted by Crippen LogP contribution is 2.27. The van der Waals surface area contributed by atoms with Gasteiger partial charge < -0.3 is 5.11 Å². The summed E-state index contributed by atoms with van der Waals surface area (Å²) in [6, 6.07) is 5.07. The monoisotopic (exact) mass is 198 g/mol. The molecule has 1 rings (SSSR count). The molecule has 0 heterocycles. The van der Waals surface area contributed by atoms with Gasteiger partial charge in [0, 0.05) is 0 Å². The summed E-state index contributed by atoms with van der Waals surface area (Å²) in [4.78, 5) is 10.7. The van der Waals surface area contributed by atoms with Gasteiger partial charge >= 0.3 is 5.97 Å². The van der Waals surface area contributed by atoms with Crippen LogP contribution in [0.5, 0.6) is 0 Å². The summed E-state index contributed by atoms with van der Waals surface area (Å²) < 4.78 is 0. The van der Waals surface area contributed by atoms with Gasteiger partial charge in [0.2, 0.25) is 0 Å². The second-order valence-electron chi connectivity index (χ2n) is 3.17. The van der Waals surface area contributed by atoms with E-state index in [9.17, 15) is 4.79 Å². The van der Waals surface area contributed by atoms with Gasteiger partial charge in [0.25, 0.3) is 0 Å². The van der Waals surface area contributed by atoms with Crippen molar-refractivity contribution in [3.63, 3.8) is 0 Å². The Morgan fingerprint density at radius 2 is 2.08 bits per heavy atom. The average Bonchev–Trinajstić information content (AvgIpc) is 2.03. The fourth-order valence-electron chi connectivity index (χ4n) is 1.16. The molecule has 0 unspecified atom stereocenters. The second-order valence-corrected chi connectivity index (χ2v) is 3.55. The van der Waals surface area contributed by atoms with E-state index in [-0.39, 0.29) is 11.5 Å². The predicted molar refractivity (Wildman–Crippen MR) is 52.5 cm³/mol. The molecule has 0 aromatic heterocycles. The lowest BCUT2D eigenvalue weighted by Gasteiger charge is -2.09. The van der Waals surface area contributed by atoms with Crippen LogP contribution in [0.2, 0.25) is 5.02 Å². The van der Waals surface area contributed by atoms with Crippen LogP contribution in [0.15, 0.2) is 18.2 Å². The first-order chi connectivity index (χ1) is 6.04. The van der Waals surface area contributed by atoms with Crippen LogP contribution in [-0.4, -0.2) is 11.1 Å². The normalized spacial score (nSPS) is 10.5. The van der Waals surface area contributed by atoms with Gasteiger partial charge in [0.15, 0.2) is 0 Å². The van der Waals surface area contributed by atoms with Crippen molar-refractivity contribution < 1.29 is 9.90 Å². The molecule has 0 fully saturated rings. The van der Waals surface area contributed by atoms with E-state index in [1.807, 2.05) is 19.9 Å². The number of carbonyl (C=O) groups is 1. The molecule has 3 heteroatoms. The summed E-state index contributed by atoms with van der Waals surface area (Å²) in [6.45, 7) is 3.96. The van der Waals surface area contributed by atoms with Gasteiger partial charge in [-0.05, 0) is 17.5 Å². The molecule has 70 valence electrons. The van der Waals surface area contributed by atoms with E-state index in [0.717, 1.165) is 5.56 Å². The number of halogens is 1. The van der Waals surface area contributed by atoms with Crippen LogP contribution in [-0.2, 0) is 0 Å². The van der Waals surface area contributed by atoms with Crippen LogP contribution in [0.25, 0.3) is 0 Å². The van der Waals surface area contributed by atoms with Crippen LogP contribution in [0, 0.1) is 0 Å². The molecular weight excluding hydrogens is 188 g/mol. The third kappa shape index (κ3) is 2.01. The zero-order chi connectivity index (χ0) is 10.0. The summed E-state index contributed by atoms with van der Waals surface area (Å²) in [5, 5.41) is 9.14. The third-order valence-electron chi connectivity index (χ3n) is 1.88. The lowest BCUT2D eigenvalue weighted by atomic mass is 10.0. The van der Waals surface area contributed by atoms with E-state index in [1.54, 1.807) is 6.07 Å². The van der Waals surface area contributed by atoms with Crippen LogP contribution < -0.4 is 0 Å². The Morgan fingerprint density at radius 1 is 1.46 bits per heavy atom. The van der Waals surface area contributed by atoms with E-state index in [4.69, 9.17) is 16.7 Å². The van der Waals surface area contributed by atoms with E-state index < -0.39 is 5.97 Å². The maximum atomic E-state index is 10.7. The van der Waals surface area contributed by atoms with Crippen molar-refractivity contribution >= 4 is 17.6 Å². The van der Waals surface area contributed by atoms with E-state index in [1.165, 1.54) is 6.07 Å². The molecule has 0 saturated carbocycles. The minimum absolute atomic E-state index is 0.174. The van der Waals surface area contributed by atoms with Gasteiger partial charge in [-0.2, -0.15) is 0 Å². The van der Waals surface area contributed by atoms with E-state index in [0.29, 0.717) is 5.02 Å². The van der Waals surface area contributed by atoms with Gasteiger partial charge in [-0.1, -0.05) is 37.6 Å². The number of hydrogen-bond acceptors (Lipinski definition) is 1. The molecule has 0 saturated heterocycles. The molecule has 0 aliphatic carbocycles. The largest absolute Gasteiger partial charge is 0.478 e. The van der Waals surface area contributed by atoms with Gasteiger partial charge in [0.1, 0.15) is 0 Å². The standard InChI is InChI=1S/C10H11ClO2/c1-6(2)7-4-3-5-8(9(7)11)10(12)13/h3-6H,1-2H3,(H,12,13). The molecule has 1 aromatic carbocycles. The van der Waals surface area contributed by atoms with Crippen LogP contribution in [0.3, 0.4) is 0 Å². The SMILES string of the molecule is CC(C)c1cccc(C(=O)O)c1Cl. The first kappa shape index (κ1) is 10.1. The first-order valence-electron chi connectivity index (χ1n) is 4.05. The van der Waals surface area contributed by atoms with Crippen LogP contribution in [0.1, 0.15) is 35.7 Å². The number of carboxylic acid groups (broad SMARTS) is 1. The molecule has 0 aliphatic rings. The molecule has 0 aliphatic heterocycles. The molecule has 1 N–H and O–H groups in total. The first-order valence-corrected chi connectivity index (χ1v) is 4.43. The smallest absolute Gasteiger partial charge is 0.337 e. The van der Waals surface area contributed by atoms with Crippen molar-refractivity contribution in [2.75, 3.05) is 0 Å². The molecule has 0 spiro atoms. The number of carboxylic acids is 1. The Balaban J connectivity index is 3.26. The molecule has 13 heavy (non-hydrogen) atoms. The van der Waals surface area contributed by atoms with Gasteiger partial charge in [-0.25, -0.2) is 4.79 Å². The number of aromatic carboxylic acids is 1. The highest BCUT2D eigenvalue weighted by atomic mass is 35.5. The maximum absolute atomic E-state index is 10.7. The molecule has 1 aromatic rings. The van der Waals surface area contributed by atoms with Crippen LogP contribution in [0.4, 0.5) is 0 Å². The highest BCUT2D eigenvalue weighted by molar-refractivity contribution is 6.34. The summed E-state index contributed by atoms with van der Waals surface area (Å²) in [6.07, 6.45) is 0. The van der Waals surface area contributed by atoms with Gasteiger partial charge in [-0.3, -0.25) is 0 Å². The maximum Gasteiger partial charge on any atom is 0.337 e. The lowest BCUT2D eigenvalue weighted by molar-refractivity contribution is 0.0697. The van der Waals surface area contributed by atoms with Crippen molar-refractivity contribution in [2.45, 2.75) is 19.8 Å². The minimum atomic E-state index is -0.979. The Bertz CT molecular complexity index is 332. The van der Waals surface area contributed by atoms with Crippen molar-refractivity contribution in [2.24, 2.45) is 0 Å². The number of benzene rings is 1. The summed E-state index contributed by atoms with van der Waals surface area (Å²) in [5.41, 5.74) is 1.05. The molecule has 0 atom stereocenters. The topological polar surface area (TPSA) is 37.3 Å². The Kier molecular flexibility index (Phi) is 2.94. The second kappa shape index (κ2) is 3.79. The molecule has 0 amide bonds. The Hall–Kier alpha value is -1.02. The summed E-state index contributed by atoms with van der Waals surface area (Å²) >= 11 is 5.92. The fraction of sp³-hybridized carbons (Fsp3) is 0.300. The Morgan fingerprint density at radius 3 is 2.54 bits per heavy atom. The quantitative estimate of drug-likeness (QED) is 0.793. The number of rotatable bonds is 2. The molecular formula is C10H11ClO2. The molecule has 0 radical (unpaired) electrons. The Labute approximate surface area is 82.2 Å². The average molecular weight is 199 g/mol. The summed E-state index contributed by atoms with van der Waals surface area (Å²) in [7, 11) is 0. The van der Waals surface area contributed by atoms with Crippen molar-refractivity contribution in [3.8, 4) is 0 Å². The number of hydrogen-bond donors (Lipinski definition) is 1. The minimum Gasteiger partial charge on any atom is -0.478 e. The zero-order valence-corrected chi connectivity index (χ0v) is 8.30. The summed E-state index contributed by atoms with van der Waals surface area (Å²) in [5.74, 6) is -0.737. The zero-order valence-electron chi connectivity index (χ0n) is 7.54. The van der Waals surface area contributed by atoms with Crippen molar-refractivity contribution in [3.05, 3.63) is 34.3 Å². The van der Waals surface area contributed by atoms with Crippen molar-refractivity contribution in [1.29, 1.82) is 0 Å². The van der Waals surface area contributed by atoms with Crippen LogP contribution >= 0.6 is 11.6 Å². The third-order valence-corrected chi connectivity index (χ3v) is 2.30. The fourth-order valence-corrected chi connectivity index (χ4v) is 1.59.